The second-order valence-electron chi connectivity index (χ2n) is 9.60. The Morgan fingerprint density at radius 3 is 2.39 bits per heavy atom. The molecule has 0 spiro atoms. The van der Waals surface area contributed by atoms with Crippen LogP contribution in [0.3, 0.4) is 0 Å². The molecule has 11 heteroatoms. The van der Waals surface area contributed by atoms with Crippen LogP contribution >= 0.6 is 11.6 Å². The van der Waals surface area contributed by atoms with Crippen molar-refractivity contribution in [1.29, 1.82) is 0 Å². The highest BCUT2D eigenvalue weighted by molar-refractivity contribution is 6.30. The largest absolute Gasteiger partial charge is 0.451 e. The van der Waals surface area contributed by atoms with Gasteiger partial charge in [-0.1, -0.05) is 71.4 Å². The van der Waals surface area contributed by atoms with Crippen LogP contribution in [0.5, 0.6) is 0 Å². The minimum absolute atomic E-state index is 0.0772. The molecule has 3 heterocycles. The summed E-state index contributed by atoms with van der Waals surface area (Å²) in [6.45, 7) is 0. The van der Waals surface area contributed by atoms with Crippen molar-refractivity contribution in [3.05, 3.63) is 119 Å². The van der Waals surface area contributed by atoms with Gasteiger partial charge in [-0.05, 0) is 47.0 Å². The maximum absolute atomic E-state index is 13.3. The lowest BCUT2D eigenvalue weighted by atomic mass is 9.98. The predicted octanol–water partition coefficient (Wildman–Crippen LogP) is 4.19. The highest BCUT2D eigenvalue weighted by Crippen LogP contribution is 2.39. The number of benzene rings is 3. The molecule has 41 heavy (non-hydrogen) atoms. The zero-order valence-corrected chi connectivity index (χ0v) is 22.2. The zero-order valence-electron chi connectivity index (χ0n) is 21.4. The van der Waals surface area contributed by atoms with Crippen LogP contribution in [0, 0.1) is 0 Å². The molecule has 10 nitrogen and oxygen atoms in total. The van der Waals surface area contributed by atoms with Crippen LogP contribution in [0.1, 0.15) is 28.3 Å². The molecule has 0 saturated carbocycles. The number of nitrogens with zero attached hydrogens (tertiary/aromatic N) is 3. The number of halogens is 1. The number of fused-ring (bicyclic) bond motifs is 1. The van der Waals surface area contributed by atoms with E-state index in [1.807, 2.05) is 42.5 Å². The fraction of sp³-hybridized carbons (Fsp3) is 0.167. The van der Waals surface area contributed by atoms with Crippen LogP contribution in [-0.4, -0.2) is 54.2 Å². The average molecular weight is 573 g/mol. The number of aliphatic hydroxyl groups is 2. The number of nitrogens with one attached hydrogen (secondary N) is 1. The normalized spacial score (nSPS) is 21.7. The van der Waals surface area contributed by atoms with E-state index in [4.69, 9.17) is 21.1 Å². The number of hydrogen-bond donors (Lipinski definition) is 4. The molecule has 3 aromatic carbocycles. The van der Waals surface area contributed by atoms with Crippen molar-refractivity contribution in [3.8, 4) is 11.1 Å². The van der Waals surface area contributed by atoms with E-state index in [-0.39, 0.29) is 5.49 Å². The van der Waals surface area contributed by atoms with Crippen LogP contribution in [0.15, 0.2) is 103 Å². The molecule has 4 N–H and O–H groups in total. The van der Waals surface area contributed by atoms with Gasteiger partial charge in [-0.2, -0.15) is 0 Å². The number of H-pyrrole nitrogens is 1. The molecular formula is C30H25ClN4O6. The lowest BCUT2D eigenvalue weighted by molar-refractivity contribution is -0.0916. The van der Waals surface area contributed by atoms with Crippen LogP contribution in [0.2, 0.25) is 5.02 Å². The number of ether oxygens (including phenoxy) is 2. The fourth-order valence-electron chi connectivity index (χ4n) is 5.05. The number of carbonyl (C=O) groups excluding carboxylic acids is 1. The Hall–Kier alpha value is -4.48. The van der Waals surface area contributed by atoms with Gasteiger partial charge in [0.1, 0.15) is 24.0 Å². The van der Waals surface area contributed by atoms with Gasteiger partial charge in [0.05, 0.1) is 17.3 Å². The summed E-state index contributed by atoms with van der Waals surface area (Å²) in [5, 5.41) is 35.6. The number of aromatic nitrogens is 3. The van der Waals surface area contributed by atoms with Crippen molar-refractivity contribution < 1.29 is 29.7 Å². The zero-order chi connectivity index (χ0) is 28.5. The van der Waals surface area contributed by atoms with E-state index >= 15 is 0 Å². The van der Waals surface area contributed by atoms with Gasteiger partial charge >= 0.3 is 5.97 Å². The van der Waals surface area contributed by atoms with Gasteiger partial charge in [0.25, 0.3) is 0 Å². The molecule has 0 aliphatic carbocycles. The van der Waals surface area contributed by atoms with E-state index < -0.39 is 36.6 Å². The standard InChI is InChI=1S/C30H25ClN4O6/c31-21-12-10-19(11-13-21)25(41-30(38)20-8-6-18(7-9-20)17-4-2-1-3-5-17)26-23(36)24(37)29(40-26)35-15-14-22-27(34-39)32-16-33-28(22)35/h1-16,23-26,29,36-37,39H,(H,32,33,34)/t23-,24+,25+,26-,29+/m0/s1. The molecule has 2 aromatic heterocycles. The van der Waals surface area contributed by atoms with E-state index in [2.05, 4.69) is 15.1 Å². The second kappa shape index (κ2) is 11.2. The number of rotatable bonds is 6. The minimum Gasteiger partial charge on any atom is -0.451 e. The highest BCUT2D eigenvalue weighted by Gasteiger charge is 2.49. The summed E-state index contributed by atoms with van der Waals surface area (Å²) in [6, 6.07) is 25.1. The van der Waals surface area contributed by atoms with Gasteiger partial charge in [0.2, 0.25) is 5.49 Å². The summed E-state index contributed by atoms with van der Waals surface area (Å²) in [7, 11) is 0. The van der Waals surface area contributed by atoms with E-state index in [9.17, 15) is 20.2 Å². The minimum atomic E-state index is -1.42. The topological polar surface area (TPSA) is 142 Å². The Morgan fingerprint density at radius 1 is 0.976 bits per heavy atom. The lowest BCUT2D eigenvalue weighted by Gasteiger charge is -2.26. The molecule has 5 aromatic rings. The maximum Gasteiger partial charge on any atom is 0.338 e. The third-order valence-electron chi connectivity index (χ3n) is 7.15. The summed E-state index contributed by atoms with van der Waals surface area (Å²) in [6.07, 6.45) is -3.14. The first-order valence-corrected chi connectivity index (χ1v) is 13.2. The van der Waals surface area contributed by atoms with Crippen LogP contribution < -0.4 is 5.49 Å². The molecule has 1 aliphatic rings. The first kappa shape index (κ1) is 26.7. The number of carbonyl (C=O) groups is 1. The molecule has 6 rings (SSSR count). The summed E-state index contributed by atoms with van der Waals surface area (Å²) in [5.74, 6) is -0.627. The first-order valence-electron chi connectivity index (χ1n) is 12.8. The molecule has 5 atom stereocenters. The van der Waals surface area contributed by atoms with Gasteiger partial charge in [-0.15, -0.1) is 0 Å². The summed E-state index contributed by atoms with van der Waals surface area (Å²) >= 11 is 6.10. The molecule has 1 aliphatic heterocycles. The van der Waals surface area contributed by atoms with Gasteiger partial charge in [-0.3, -0.25) is 0 Å². The molecule has 0 amide bonds. The van der Waals surface area contributed by atoms with E-state index in [1.165, 1.54) is 6.33 Å². The van der Waals surface area contributed by atoms with E-state index in [0.717, 1.165) is 11.1 Å². The first-order chi connectivity index (χ1) is 19.9. The molecule has 1 fully saturated rings. The molecule has 0 bridgehead atoms. The molecule has 0 unspecified atom stereocenters. The van der Waals surface area contributed by atoms with Gasteiger partial charge in [0, 0.05) is 11.2 Å². The quantitative estimate of drug-likeness (QED) is 0.136. The number of esters is 1. The number of hydrogen-bond acceptors (Lipinski definition) is 8. The molecular weight excluding hydrogens is 548 g/mol. The number of aliphatic hydroxyl groups excluding tert-OH is 2. The van der Waals surface area contributed by atoms with Crippen molar-refractivity contribution >= 4 is 28.6 Å². The van der Waals surface area contributed by atoms with Crippen molar-refractivity contribution in [2.75, 3.05) is 0 Å². The Bertz CT molecular complexity index is 1740. The third-order valence-corrected chi connectivity index (χ3v) is 7.40. The molecule has 0 radical (unpaired) electrons. The van der Waals surface area contributed by atoms with Crippen LogP contribution in [-0.2, 0) is 9.47 Å². The van der Waals surface area contributed by atoms with E-state index in [0.29, 0.717) is 27.2 Å². The Balaban J connectivity index is 1.30. The van der Waals surface area contributed by atoms with Crippen molar-refractivity contribution in [3.63, 3.8) is 0 Å². The van der Waals surface area contributed by atoms with Crippen molar-refractivity contribution in [2.24, 2.45) is 5.16 Å². The predicted molar refractivity (Wildman–Crippen MR) is 149 cm³/mol. The Labute approximate surface area is 238 Å². The maximum atomic E-state index is 13.3. The van der Waals surface area contributed by atoms with E-state index in [1.54, 1.807) is 53.2 Å². The van der Waals surface area contributed by atoms with Gasteiger partial charge in [0.15, 0.2) is 12.3 Å². The molecule has 208 valence electrons. The van der Waals surface area contributed by atoms with Crippen molar-refractivity contribution in [2.45, 2.75) is 30.6 Å². The fourth-order valence-corrected chi connectivity index (χ4v) is 5.18. The Morgan fingerprint density at radius 2 is 1.68 bits per heavy atom. The lowest BCUT2D eigenvalue weighted by Crippen LogP contribution is -2.36. The third kappa shape index (κ3) is 5.09. The SMILES string of the molecule is O=C(O[C@H](c1ccc(Cl)cc1)[C@H]1O[C@@H](n2ccc3/c(=N\O)nc[nH]c32)[C@H](O)[C@@H]1O)c1ccc(-c2ccccc2)cc1. The average Bonchev–Trinajstić information content (AvgIpc) is 3.57. The van der Waals surface area contributed by atoms with Crippen LogP contribution in [0.4, 0.5) is 0 Å². The highest BCUT2D eigenvalue weighted by atomic mass is 35.5. The van der Waals surface area contributed by atoms with Crippen LogP contribution in [0.25, 0.3) is 22.2 Å². The van der Waals surface area contributed by atoms with Gasteiger partial charge < -0.3 is 34.4 Å². The summed E-state index contributed by atoms with van der Waals surface area (Å²) in [5.41, 5.74) is 3.32. The summed E-state index contributed by atoms with van der Waals surface area (Å²) in [4.78, 5) is 20.3. The molecule has 1 saturated heterocycles. The second-order valence-corrected chi connectivity index (χ2v) is 10.0. The Kier molecular flexibility index (Phi) is 7.29. The number of aromatic amines is 1. The monoisotopic (exact) mass is 572 g/mol. The van der Waals surface area contributed by atoms with Gasteiger partial charge in [-0.25, -0.2) is 9.78 Å². The summed E-state index contributed by atoms with van der Waals surface area (Å²) < 4.78 is 13.7. The van der Waals surface area contributed by atoms with Crippen molar-refractivity contribution in [1.82, 2.24) is 14.5 Å². The smallest absolute Gasteiger partial charge is 0.338 e.